The lowest BCUT2D eigenvalue weighted by molar-refractivity contribution is 0.541. The van der Waals surface area contributed by atoms with E-state index >= 15 is 0 Å². The molecule has 7 heteroatoms. The van der Waals surface area contributed by atoms with E-state index in [0.717, 1.165) is 25.4 Å². The van der Waals surface area contributed by atoms with Crippen LogP contribution in [0.4, 0.5) is 0 Å². The Morgan fingerprint density at radius 1 is 1.20 bits per heavy atom. The Balaban J connectivity index is 0. The molecule has 0 radical (unpaired) electrons. The minimum absolute atomic E-state index is 0. The average molecular weight is 419 g/mol. The SMILES string of the molecule is CCNC(=NCCCCC(C)C)NCCS(C)(=O)=O.I. The van der Waals surface area contributed by atoms with Crippen molar-refractivity contribution in [3.8, 4) is 0 Å². The maximum atomic E-state index is 11.0. The summed E-state index contributed by atoms with van der Waals surface area (Å²) in [7, 11) is -2.92. The van der Waals surface area contributed by atoms with Gasteiger partial charge in [0.25, 0.3) is 0 Å². The summed E-state index contributed by atoms with van der Waals surface area (Å²) in [5.74, 6) is 1.57. The van der Waals surface area contributed by atoms with Crippen molar-refractivity contribution in [2.75, 3.05) is 31.6 Å². The van der Waals surface area contributed by atoms with Gasteiger partial charge in [-0.15, -0.1) is 24.0 Å². The standard InChI is InChI=1S/C13H29N3O2S.HI/c1-5-14-13(16-10-11-19(4,17)18)15-9-7-6-8-12(2)3;/h12H,5-11H2,1-4H3,(H2,14,15,16);1H. The van der Waals surface area contributed by atoms with Gasteiger partial charge in [-0.25, -0.2) is 8.42 Å². The van der Waals surface area contributed by atoms with E-state index in [0.29, 0.717) is 12.5 Å². The molecule has 0 aromatic carbocycles. The largest absolute Gasteiger partial charge is 0.357 e. The van der Waals surface area contributed by atoms with Crippen LogP contribution in [-0.2, 0) is 9.84 Å². The van der Waals surface area contributed by atoms with Gasteiger partial charge < -0.3 is 10.6 Å². The molecule has 0 bridgehead atoms. The molecule has 0 saturated carbocycles. The van der Waals surface area contributed by atoms with E-state index in [9.17, 15) is 8.42 Å². The second kappa shape index (κ2) is 12.7. The van der Waals surface area contributed by atoms with Crippen LogP contribution in [0.1, 0.15) is 40.0 Å². The van der Waals surface area contributed by atoms with Crippen molar-refractivity contribution in [2.24, 2.45) is 10.9 Å². The summed E-state index contributed by atoms with van der Waals surface area (Å²) in [6.45, 7) is 8.39. The third kappa shape index (κ3) is 16.0. The van der Waals surface area contributed by atoms with Crippen molar-refractivity contribution in [2.45, 2.75) is 40.0 Å². The Bertz CT molecular complexity index is 357. The van der Waals surface area contributed by atoms with Crippen LogP contribution in [0.2, 0.25) is 0 Å². The molecule has 5 nitrogen and oxygen atoms in total. The van der Waals surface area contributed by atoms with Crippen LogP contribution in [0.5, 0.6) is 0 Å². The number of sulfone groups is 1. The van der Waals surface area contributed by atoms with Crippen molar-refractivity contribution >= 4 is 39.8 Å². The van der Waals surface area contributed by atoms with E-state index in [1.807, 2.05) is 6.92 Å². The predicted octanol–water partition coefficient (Wildman–Crippen LogP) is 2.03. The number of rotatable bonds is 9. The number of halogens is 1. The van der Waals surface area contributed by atoms with Crippen molar-refractivity contribution in [3.05, 3.63) is 0 Å². The van der Waals surface area contributed by atoms with E-state index in [-0.39, 0.29) is 29.7 Å². The minimum atomic E-state index is -2.92. The molecular formula is C13H30IN3O2S. The van der Waals surface area contributed by atoms with Crippen LogP contribution in [0.25, 0.3) is 0 Å². The Morgan fingerprint density at radius 2 is 1.85 bits per heavy atom. The Morgan fingerprint density at radius 3 is 2.35 bits per heavy atom. The van der Waals surface area contributed by atoms with Crippen molar-refractivity contribution in [1.29, 1.82) is 0 Å². The zero-order valence-corrected chi connectivity index (χ0v) is 16.3. The quantitative estimate of drug-likeness (QED) is 0.260. The number of hydrogen-bond donors (Lipinski definition) is 2. The molecule has 0 aliphatic heterocycles. The Hall–Kier alpha value is -0.0500. The minimum Gasteiger partial charge on any atom is -0.357 e. The van der Waals surface area contributed by atoms with Gasteiger partial charge in [0.05, 0.1) is 5.75 Å². The van der Waals surface area contributed by atoms with Gasteiger partial charge in [-0.1, -0.05) is 26.7 Å². The summed E-state index contributed by atoms with van der Waals surface area (Å²) in [5, 5.41) is 6.15. The van der Waals surface area contributed by atoms with Crippen LogP contribution >= 0.6 is 24.0 Å². The van der Waals surface area contributed by atoms with Crippen LogP contribution in [0.3, 0.4) is 0 Å². The molecule has 0 aromatic heterocycles. The van der Waals surface area contributed by atoms with Crippen molar-refractivity contribution < 1.29 is 8.42 Å². The highest BCUT2D eigenvalue weighted by Crippen LogP contribution is 2.05. The maximum Gasteiger partial charge on any atom is 0.191 e. The fourth-order valence-corrected chi connectivity index (χ4v) is 2.02. The summed E-state index contributed by atoms with van der Waals surface area (Å²) >= 11 is 0. The summed E-state index contributed by atoms with van der Waals surface area (Å²) in [5.41, 5.74) is 0. The van der Waals surface area contributed by atoms with Crippen LogP contribution in [0.15, 0.2) is 4.99 Å². The lowest BCUT2D eigenvalue weighted by Crippen LogP contribution is -2.39. The normalized spacial score (nSPS) is 12.2. The van der Waals surface area contributed by atoms with E-state index in [1.54, 1.807) is 0 Å². The zero-order chi connectivity index (χ0) is 14.7. The zero-order valence-electron chi connectivity index (χ0n) is 13.1. The third-order valence-corrected chi connectivity index (χ3v) is 3.51. The second-order valence-corrected chi connectivity index (χ2v) is 7.47. The molecule has 0 amide bonds. The average Bonchev–Trinajstić information content (AvgIpc) is 2.26. The number of nitrogens with one attached hydrogen (secondary N) is 2. The molecule has 0 unspecified atom stereocenters. The first-order chi connectivity index (χ1) is 8.85. The highest BCUT2D eigenvalue weighted by atomic mass is 127. The summed E-state index contributed by atoms with van der Waals surface area (Å²) in [6, 6.07) is 0. The molecular weight excluding hydrogens is 389 g/mol. The van der Waals surface area contributed by atoms with Gasteiger partial charge in [0.1, 0.15) is 9.84 Å². The van der Waals surface area contributed by atoms with Gasteiger partial charge in [-0.05, 0) is 19.3 Å². The highest BCUT2D eigenvalue weighted by Gasteiger charge is 2.02. The predicted molar refractivity (Wildman–Crippen MR) is 97.8 cm³/mol. The molecule has 20 heavy (non-hydrogen) atoms. The molecule has 0 atom stereocenters. The third-order valence-electron chi connectivity index (χ3n) is 2.57. The van der Waals surface area contributed by atoms with Crippen LogP contribution in [-0.4, -0.2) is 46.0 Å². The maximum absolute atomic E-state index is 11.0. The monoisotopic (exact) mass is 419 g/mol. The lowest BCUT2D eigenvalue weighted by atomic mass is 10.1. The molecule has 0 heterocycles. The van der Waals surface area contributed by atoms with E-state index in [4.69, 9.17) is 0 Å². The molecule has 2 N–H and O–H groups in total. The molecule has 0 spiro atoms. The lowest BCUT2D eigenvalue weighted by Gasteiger charge is -2.10. The van der Waals surface area contributed by atoms with E-state index < -0.39 is 9.84 Å². The van der Waals surface area contributed by atoms with Crippen LogP contribution in [0, 0.1) is 5.92 Å². The molecule has 0 aliphatic rings. The summed E-state index contributed by atoms with van der Waals surface area (Å²) in [6.07, 6.45) is 4.73. The van der Waals surface area contributed by atoms with Gasteiger partial charge in [-0.3, -0.25) is 4.99 Å². The number of aliphatic imine (C=N–C) groups is 1. The summed E-state index contributed by atoms with van der Waals surface area (Å²) < 4.78 is 22.1. The molecule has 0 rings (SSSR count). The fraction of sp³-hybridized carbons (Fsp3) is 0.923. The number of nitrogens with zero attached hydrogens (tertiary/aromatic N) is 1. The highest BCUT2D eigenvalue weighted by molar-refractivity contribution is 14.0. The molecule has 0 aromatic rings. The van der Waals surface area contributed by atoms with Gasteiger partial charge in [0.15, 0.2) is 5.96 Å². The van der Waals surface area contributed by atoms with E-state index in [1.165, 1.54) is 19.1 Å². The fourth-order valence-electron chi connectivity index (χ4n) is 1.55. The molecule has 122 valence electrons. The molecule has 0 saturated heterocycles. The Kier molecular flexibility index (Phi) is 14.1. The Labute approximate surface area is 141 Å². The first-order valence-corrected chi connectivity index (χ1v) is 9.11. The second-order valence-electron chi connectivity index (χ2n) is 5.21. The van der Waals surface area contributed by atoms with Gasteiger partial charge >= 0.3 is 0 Å². The van der Waals surface area contributed by atoms with Gasteiger partial charge in [0, 0.05) is 25.9 Å². The summed E-state index contributed by atoms with van der Waals surface area (Å²) in [4.78, 5) is 4.43. The first-order valence-electron chi connectivity index (χ1n) is 7.05. The van der Waals surface area contributed by atoms with Crippen LogP contribution < -0.4 is 10.6 Å². The van der Waals surface area contributed by atoms with Crippen molar-refractivity contribution in [1.82, 2.24) is 10.6 Å². The topological polar surface area (TPSA) is 70.6 Å². The van der Waals surface area contributed by atoms with Crippen molar-refractivity contribution in [3.63, 3.8) is 0 Å². The number of guanidine groups is 1. The van der Waals surface area contributed by atoms with Gasteiger partial charge in [-0.2, -0.15) is 0 Å². The molecule has 0 aliphatic carbocycles. The molecule has 0 fully saturated rings. The smallest absolute Gasteiger partial charge is 0.191 e. The number of unbranched alkanes of at least 4 members (excludes halogenated alkanes) is 1. The van der Waals surface area contributed by atoms with Gasteiger partial charge in [0.2, 0.25) is 0 Å². The first kappa shape index (κ1) is 22.2. The van der Waals surface area contributed by atoms with E-state index in [2.05, 4.69) is 29.5 Å². The number of hydrogen-bond acceptors (Lipinski definition) is 3.